The summed E-state index contributed by atoms with van der Waals surface area (Å²) in [5.41, 5.74) is 2.22. The molecule has 0 bridgehead atoms. The summed E-state index contributed by atoms with van der Waals surface area (Å²) in [7, 11) is 3.13. The molecule has 1 aliphatic rings. The van der Waals surface area contributed by atoms with Crippen molar-refractivity contribution in [3.8, 4) is 17.2 Å². The largest absolute Gasteiger partial charge is 0.497 e. The SMILES string of the molecule is COc1ccc(CN2Cc3cc(NC(=O)c4ccc([N+](=O)[O-])cc4)ccc3O[C@H](C)C2=O)c(OC)c1. The number of carbonyl (C=O) groups excluding carboxylic acids is 2. The van der Waals surface area contributed by atoms with Crippen LogP contribution in [0.15, 0.2) is 60.7 Å². The van der Waals surface area contributed by atoms with Gasteiger partial charge < -0.3 is 24.4 Å². The van der Waals surface area contributed by atoms with E-state index in [-0.39, 0.29) is 23.7 Å². The Morgan fingerprint density at radius 3 is 2.53 bits per heavy atom. The molecule has 0 unspecified atom stereocenters. The highest BCUT2D eigenvalue weighted by Crippen LogP contribution is 2.32. The van der Waals surface area contributed by atoms with E-state index >= 15 is 0 Å². The third kappa shape index (κ3) is 5.22. The van der Waals surface area contributed by atoms with Crippen LogP contribution in [0.1, 0.15) is 28.4 Å². The maximum Gasteiger partial charge on any atom is 0.269 e. The predicted octanol–water partition coefficient (Wildman–Crippen LogP) is 4.17. The fourth-order valence-corrected chi connectivity index (χ4v) is 3.94. The summed E-state index contributed by atoms with van der Waals surface area (Å²) in [4.78, 5) is 37.7. The molecule has 0 aliphatic carbocycles. The molecule has 1 heterocycles. The van der Waals surface area contributed by atoms with Gasteiger partial charge in [-0.05, 0) is 49.4 Å². The van der Waals surface area contributed by atoms with Crippen LogP contribution in [0.2, 0.25) is 0 Å². The van der Waals surface area contributed by atoms with E-state index in [1.807, 2.05) is 6.07 Å². The van der Waals surface area contributed by atoms with Crippen LogP contribution in [0.5, 0.6) is 17.2 Å². The maximum atomic E-state index is 13.1. The highest BCUT2D eigenvalue weighted by Gasteiger charge is 2.29. The summed E-state index contributed by atoms with van der Waals surface area (Å²) in [5.74, 6) is 1.20. The number of nitro groups is 1. The lowest BCUT2D eigenvalue weighted by molar-refractivity contribution is -0.384. The molecule has 0 spiro atoms. The Kier molecular flexibility index (Phi) is 7.05. The fraction of sp³-hybridized carbons (Fsp3) is 0.231. The van der Waals surface area contributed by atoms with E-state index in [0.29, 0.717) is 29.5 Å². The number of nitrogens with one attached hydrogen (secondary N) is 1. The van der Waals surface area contributed by atoms with E-state index in [0.717, 1.165) is 11.1 Å². The van der Waals surface area contributed by atoms with Crippen LogP contribution in [0.3, 0.4) is 0 Å². The normalized spacial score (nSPS) is 14.8. The van der Waals surface area contributed by atoms with Crippen molar-refractivity contribution in [1.82, 2.24) is 4.90 Å². The van der Waals surface area contributed by atoms with Gasteiger partial charge in [-0.25, -0.2) is 0 Å². The number of methoxy groups -OCH3 is 2. The zero-order valence-corrected chi connectivity index (χ0v) is 20.0. The van der Waals surface area contributed by atoms with E-state index in [1.54, 1.807) is 56.4 Å². The molecule has 0 saturated carbocycles. The zero-order valence-electron chi connectivity index (χ0n) is 20.0. The summed E-state index contributed by atoms with van der Waals surface area (Å²) >= 11 is 0. The average Bonchev–Trinajstić information content (AvgIpc) is 3.00. The van der Waals surface area contributed by atoms with Gasteiger partial charge in [0.1, 0.15) is 17.2 Å². The van der Waals surface area contributed by atoms with Gasteiger partial charge in [0, 0.05) is 53.7 Å². The third-order valence-electron chi connectivity index (χ3n) is 5.84. The van der Waals surface area contributed by atoms with Gasteiger partial charge in [0.15, 0.2) is 6.10 Å². The Bertz CT molecular complexity index is 1310. The number of hydrogen-bond acceptors (Lipinski definition) is 7. The number of anilines is 1. The Balaban J connectivity index is 1.56. The summed E-state index contributed by atoms with van der Waals surface area (Å²) in [6.07, 6.45) is -0.698. The number of nitro benzene ring substituents is 1. The first-order valence-electron chi connectivity index (χ1n) is 11.1. The molecule has 1 aliphatic heterocycles. The van der Waals surface area contributed by atoms with Gasteiger partial charge >= 0.3 is 0 Å². The topological polar surface area (TPSA) is 120 Å². The fourth-order valence-electron chi connectivity index (χ4n) is 3.94. The second kappa shape index (κ2) is 10.3. The summed E-state index contributed by atoms with van der Waals surface area (Å²) in [5, 5.41) is 13.6. The maximum absolute atomic E-state index is 13.1. The highest BCUT2D eigenvalue weighted by molar-refractivity contribution is 6.04. The van der Waals surface area contributed by atoms with Gasteiger partial charge in [0.05, 0.1) is 19.1 Å². The molecule has 186 valence electrons. The quantitative estimate of drug-likeness (QED) is 0.389. The minimum Gasteiger partial charge on any atom is -0.497 e. The van der Waals surface area contributed by atoms with E-state index in [2.05, 4.69) is 5.32 Å². The molecule has 0 aromatic heterocycles. The molecule has 4 rings (SSSR count). The van der Waals surface area contributed by atoms with Crippen molar-refractivity contribution >= 4 is 23.2 Å². The van der Waals surface area contributed by atoms with Crippen molar-refractivity contribution in [2.45, 2.75) is 26.1 Å². The van der Waals surface area contributed by atoms with Crippen molar-refractivity contribution < 1.29 is 28.7 Å². The molecule has 36 heavy (non-hydrogen) atoms. The Morgan fingerprint density at radius 2 is 1.86 bits per heavy atom. The first-order chi connectivity index (χ1) is 17.3. The van der Waals surface area contributed by atoms with Crippen molar-refractivity contribution in [3.63, 3.8) is 0 Å². The summed E-state index contributed by atoms with van der Waals surface area (Å²) < 4.78 is 16.6. The second-order valence-corrected chi connectivity index (χ2v) is 8.21. The Hall–Kier alpha value is -4.60. The molecule has 0 radical (unpaired) electrons. The molecule has 1 atom stereocenters. The molecular formula is C26H25N3O7. The van der Waals surface area contributed by atoms with Crippen molar-refractivity contribution in [1.29, 1.82) is 0 Å². The molecule has 1 N–H and O–H groups in total. The minimum absolute atomic E-state index is 0.0962. The minimum atomic E-state index is -0.698. The second-order valence-electron chi connectivity index (χ2n) is 8.21. The van der Waals surface area contributed by atoms with Gasteiger partial charge in [-0.1, -0.05) is 0 Å². The van der Waals surface area contributed by atoms with Gasteiger partial charge in [-0.3, -0.25) is 19.7 Å². The monoisotopic (exact) mass is 491 g/mol. The van der Waals surface area contributed by atoms with Crippen LogP contribution < -0.4 is 19.5 Å². The lowest BCUT2D eigenvalue weighted by Gasteiger charge is -2.23. The third-order valence-corrected chi connectivity index (χ3v) is 5.84. The molecule has 10 heteroatoms. The predicted molar refractivity (Wildman–Crippen MR) is 131 cm³/mol. The number of carbonyl (C=O) groups is 2. The van der Waals surface area contributed by atoms with Gasteiger partial charge in [-0.15, -0.1) is 0 Å². The van der Waals surface area contributed by atoms with Gasteiger partial charge in [0.25, 0.3) is 17.5 Å². The number of benzene rings is 3. The summed E-state index contributed by atoms with van der Waals surface area (Å²) in [6.45, 7) is 2.24. The molecule has 0 fully saturated rings. The Morgan fingerprint density at radius 1 is 1.11 bits per heavy atom. The molecular weight excluding hydrogens is 466 g/mol. The summed E-state index contributed by atoms with van der Waals surface area (Å²) in [6, 6.07) is 15.9. The van der Waals surface area contributed by atoms with Crippen LogP contribution in [-0.2, 0) is 17.9 Å². The highest BCUT2D eigenvalue weighted by atomic mass is 16.6. The van der Waals surface area contributed by atoms with Crippen LogP contribution >= 0.6 is 0 Å². The van der Waals surface area contributed by atoms with Crippen LogP contribution in [-0.4, -0.2) is 42.0 Å². The lowest BCUT2D eigenvalue weighted by Crippen LogP contribution is -2.37. The number of fused-ring (bicyclic) bond motifs is 1. The van der Waals surface area contributed by atoms with Crippen LogP contribution in [0, 0.1) is 10.1 Å². The zero-order chi connectivity index (χ0) is 25.8. The number of non-ortho nitro benzene ring substituents is 1. The first kappa shape index (κ1) is 24.5. The lowest BCUT2D eigenvalue weighted by atomic mass is 10.1. The molecule has 0 saturated heterocycles. The molecule has 10 nitrogen and oxygen atoms in total. The first-order valence-corrected chi connectivity index (χ1v) is 11.1. The molecule has 2 amide bonds. The van der Waals surface area contributed by atoms with Gasteiger partial charge in [-0.2, -0.15) is 0 Å². The van der Waals surface area contributed by atoms with Crippen molar-refractivity contribution in [2.24, 2.45) is 0 Å². The van der Waals surface area contributed by atoms with Gasteiger partial charge in [0.2, 0.25) is 0 Å². The number of rotatable bonds is 7. The molecule has 3 aromatic rings. The van der Waals surface area contributed by atoms with Crippen molar-refractivity contribution in [3.05, 3.63) is 87.5 Å². The number of hydrogen-bond donors (Lipinski definition) is 1. The van der Waals surface area contributed by atoms with E-state index < -0.39 is 16.9 Å². The van der Waals surface area contributed by atoms with E-state index in [9.17, 15) is 19.7 Å². The number of ether oxygens (including phenoxy) is 3. The van der Waals surface area contributed by atoms with E-state index in [1.165, 1.54) is 24.3 Å². The molecule has 3 aromatic carbocycles. The Labute approximate surface area is 207 Å². The standard InChI is InChI=1S/C26H25N3O7/c1-16-26(31)28(14-18-6-10-22(34-2)13-24(18)35-3)15-19-12-20(7-11-23(19)36-16)27-25(30)17-4-8-21(9-5-17)29(32)33/h4-13,16H,14-15H2,1-3H3,(H,27,30)/t16-/m1/s1. The number of amides is 2. The van der Waals surface area contributed by atoms with E-state index in [4.69, 9.17) is 14.2 Å². The average molecular weight is 492 g/mol. The van der Waals surface area contributed by atoms with Crippen LogP contribution in [0.25, 0.3) is 0 Å². The van der Waals surface area contributed by atoms with Crippen LogP contribution in [0.4, 0.5) is 11.4 Å². The van der Waals surface area contributed by atoms with Crippen molar-refractivity contribution in [2.75, 3.05) is 19.5 Å². The number of nitrogens with zero attached hydrogens (tertiary/aromatic N) is 2. The smallest absolute Gasteiger partial charge is 0.269 e.